The number of halogens is 1. The van der Waals surface area contributed by atoms with Crippen LogP contribution in [0.3, 0.4) is 0 Å². The number of nitrogens with one attached hydrogen (secondary N) is 1. The minimum Gasteiger partial charge on any atom is -0.399 e. The first-order chi connectivity index (χ1) is 9.36. The van der Waals surface area contributed by atoms with Crippen molar-refractivity contribution in [3.05, 3.63) is 22.7 Å². The molecule has 0 radical (unpaired) electrons. The van der Waals surface area contributed by atoms with E-state index in [0.717, 1.165) is 12.8 Å². The third-order valence-electron chi connectivity index (χ3n) is 3.90. The summed E-state index contributed by atoms with van der Waals surface area (Å²) in [5, 5.41) is 3.85. The minimum atomic E-state index is -0.515. The first kappa shape index (κ1) is 15.0. The largest absolute Gasteiger partial charge is 0.399 e. The highest BCUT2D eigenvalue weighted by molar-refractivity contribution is 6.34. The van der Waals surface area contributed by atoms with Crippen LogP contribution in [0.4, 0.5) is 11.4 Å². The molecule has 2 rings (SSSR count). The summed E-state index contributed by atoms with van der Waals surface area (Å²) in [5.41, 5.74) is 12.6. The van der Waals surface area contributed by atoms with Gasteiger partial charge in [-0.3, -0.25) is 4.79 Å². The summed E-state index contributed by atoms with van der Waals surface area (Å²) < 4.78 is 0. The molecular weight excluding hydrogens is 274 g/mol. The molecule has 1 aliphatic carbocycles. The summed E-state index contributed by atoms with van der Waals surface area (Å²) in [6, 6.07) is 3.53. The highest BCUT2D eigenvalue weighted by Crippen LogP contribution is 2.34. The van der Waals surface area contributed by atoms with Crippen molar-refractivity contribution in [2.75, 3.05) is 11.1 Å². The molecule has 1 aromatic rings. The van der Waals surface area contributed by atoms with Gasteiger partial charge in [-0.2, -0.15) is 0 Å². The van der Waals surface area contributed by atoms with Crippen LogP contribution in [-0.4, -0.2) is 11.9 Å². The highest BCUT2D eigenvalue weighted by atomic mass is 35.5. The summed E-state index contributed by atoms with van der Waals surface area (Å²) in [6.07, 6.45) is 3.39. The minimum absolute atomic E-state index is 0.313. The third-order valence-corrected chi connectivity index (χ3v) is 4.20. The second kappa shape index (κ2) is 5.92. The maximum Gasteiger partial charge on any atom is 0.250 e. The van der Waals surface area contributed by atoms with Crippen LogP contribution in [0.2, 0.25) is 5.02 Å². The maximum absolute atomic E-state index is 11.6. The van der Waals surface area contributed by atoms with Gasteiger partial charge in [0.05, 0.1) is 16.3 Å². The lowest BCUT2D eigenvalue weighted by Crippen LogP contribution is -2.31. The number of carbonyl (C=O) groups excluding carboxylic acids is 1. The molecule has 1 amide bonds. The summed E-state index contributed by atoms with van der Waals surface area (Å²) in [6.45, 7) is 4.51. The smallest absolute Gasteiger partial charge is 0.250 e. The van der Waals surface area contributed by atoms with Crippen LogP contribution in [0.5, 0.6) is 0 Å². The Kier molecular flexibility index (Phi) is 4.43. The van der Waals surface area contributed by atoms with Crippen molar-refractivity contribution < 1.29 is 4.79 Å². The lowest BCUT2D eigenvalue weighted by Gasteiger charge is -2.33. The van der Waals surface area contributed by atoms with Gasteiger partial charge in [-0.1, -0.05) is 25.4 Å². The molecule has 5 heteroatoms. The second-order valence-electron chi connectivity index (χ2n) is 6.05. The van der Waals surface area contributed by atoms with Crippen molar-refractivity contribution in [3.8, 4) is 0 Å². The molecule has 110 valence electrons. The standard InChI is InChI=1S/C15H22ClN3O/c1-8-3-9(2)5-11(4-8)19-14-12(15(18)20)6-10(17)7-13(14)16/h6-9,11,19H,3-5,17H2,1-2H3,(H2,18,20). The second-order valence-corrected chi connectivity index (χ2v) is 6.46. The Balaban J connectivity index is 2.26. The normalized spacial score (nSPS) is 26.2. The molecule has 0 aromatic heterocycles. The number of hydrogen-bond donors (Lipinski definition) is 3. The predicted octanol–water partition coefficient (Wildman–Crippen LogP) is 3.26. The molecule has 0 heterocycles. The van der Waals surface area contributed by atoms with Crippen molar-refractivity contribution >= 4 is 28.9 Å². The Morgan fingerprint density at radius 3 is 2.40 bits per heavy atom. The number of amides is 1. The van der Waals surface area contributed by atoms with Crippen molar-refractivity contribution in [2.24, 2.45) is 17.6 Å². The van der Waals surface area contributed by atoms with E-state index in [0.29, 0.717) is 39.8 Å². The fourth-order valence-electron chi connectivity index (χ4n) is 3.24. The van der Waals surface area contributed by atoms with Gasteiger partial charge >= 0.3 is 0 Å². The Morgan fingerprint density at radius 2 is 1.85 bits per heavy atom. The molecular formula is C15H22ClN3O. The summed E-state index contributed by atoms with van der Waals surface area (Å²) in [5.74, 6) is 0.820. The highest BCUT2D eigenvalue weighted by Gasteiger charge is 2.25. The van der Waals surface area contributed by atoms with Crippen molar-refractivity contribution in [1.29, 1.82) is 0 Å². The van der Waals surface area contributed by atoms with Crippen LogP contribution in [0.15, 0.2) is 12.1 Å². The van der Waals surface area contributed by atoms with Crippen LogP contribution < -0.4 is 16.8 Å². The first-order valence-corrected chi connectivity index (χ1v) is 7.40. The van der Waals surface area contributed by atoms with Gasteiger partial charge in [0.25, 0.3) is 5.91 Å². The number of anilines is 2. The van der Waals surface area contributed by atoms with E-state index < -0.39 is 5.91 Å². The van der Waals surface area contributed by atoms with E-state index in [1.54, 1.807) is 12.1 Å². The molecule has 4 nitrogen and oxygen atoms in total. The van der Waals surface area contributed by atoms with E-state index in [4.69, 9.17) is 23.1 Å². The van der Waals surface area contributed by atoms with E-state index >= 15 is 0 Å². The molecule has 2 unspecified atom stereocenters. The maximum atomic E-state index is 11.6. The quantitative estimate of drug-likeness (QED) is 0.749. The van der Waals surface area contributed by atoms with Gasteiger partial charge in [-0.05, 0) is 43.2 Å². The summed E-state index contributed by atoms with van der Waals surface area (Å²) >= 11 is 6.22. The van der Waals surface area contributed by atoms with Gasteiger partial charge in [0, 0.05) is 11.7 Å². The Bertz CT molecular complexity index is 508. The van der Waals surface area contributed by atoms with E-state index in [1.165, 1.54) is 6.42 Å². The van der Waals surface area contributed by atoms with E-state index in [2.05, 4.69) is 19.2 Å². The number of nitrogens with two attached hydrogens (primary N) is 2. The fraction of sp³-hybridized carbons (Fsp3) is 0.533. The van der Waals surface area contributed by atoms with Crippen LogP contribution in [0.25, 0.3) is 0 Å². The number of primary amides is 1. The molecule has 20 heavy (non-hydrogen) atoms. The van der Waals surface area contributed by atoms with Gasteiger partial charge in [0.2, 0.25) is 0 Å². The number of carbonyl (C=O) groups is 1. The molecule has 1 saturated carbocycles. The van der Waals surface area contributed by atoms with Crippen molar-refractivity contribution in [3.63, 3.8) is 0 Å². The molecule has 2 atom stereocenters. The molecule has 1 aromatic carbocycles. The number of rotatable bonds is 3. The summed E-state index contributed by atoms with van der Waals surface area (Å²) in [7, 11) is 0. The van der Waals surface area contributed by atoms with Crippen LogP contribution in [0, 0.1) is 11.8 Å². The van der Waals surface area contributed by atoms with Gasteiger partial charge in [0.1, 0.15) is 0 Å². The van der Waals surface area contributed by atoms with Crippen LogP contribution in [-0.2, 0) is 0 Å². The molecule has 0 spiro atoms. The van der Waals surface area contributed by atoms with Gasteiger partial charge in [-0.15, -0.1) is 0 Å². The Labute approximate surface area is 124 Å². The Hall–Kier alpha value is -1.42. The topological polar surface area (TPSA) is 81.1 Å². The SMILES string of the molecule is CC1CC(C)CC(Nc2c(Cl)cc(N)cc2C(N)=O)C1. The van der Waals surface area contributed by atoms with Crippen molar-refractivity contribution in [1.82, 2.24) is 0 Å². The van der Waals surface area contributed by atoms with E-state index in [-0.39, 0.29) is 0 Å². The average Bonchev–Trinajstić information content (AvgIpc) is 2.30. The molecule has 1 fully saturated rings. The number of hydrogen-bond acceptors (Lipinski definition) is 3. The molecule has 0 aliphatic heterocycles. The predicted molar refractivity (Wildman–Crippen MR) is 84.0 cm³/mol. The molecule has 1 aliphatic rings. The van der Waals surface area contributed by atoms with Crippen molar-refractivity contribution in [2.45, 2.75) is 39.2 Å². The molecule has 5 N–H and O–H groups in total. The molecule has 0 bridgehead atoms. The fourth-order valence-corrected chi connectivity index (χ4v) is 3.52. The monoisotopic (exact) mass is 295 g/mol. The Morgan fingerprint density at radius 1 is 1.25 bits per heavy atom. The zero-order valence-electron chi connectivity index (χ0n) is 11.9. The van der Waals surface area contributed by atoms with Crippen LogP contribution in [0.1, 0.15) is 43.5 Å². The lowest BCUT2D eigenvalue weighted by atomic mass is 9.80. The van der Waals surface area contributed by atoms with Gasteiger partial charge in [0.15, 0.2) is 0 Å². The zero-order chi connectivity index (χ0) is 14.9. The number of nitrogen functional groups attached to an aromatic ring is 1. The first-order valence-electron chi connectivity index (χ1n) is 7.02. The van der Waals surface area contributed by atoms with E-state index in [1.807, 2.05) is 0 Å². The molecule has 0 saturated heterocycles. The zero-order valence-corrected chi connectivity index (χ0v) is 12.7. The van der Waals surface area contributed by atoms with E-state index in [9.17, 15) is 4.79 Å². The third kappa shape index (κ3) is 3.37. The lowest BCUT2D eigenvalue weighted by molar-refractivity contribution is 0.100. The number of benzene rings is 1. The van der Waals surface area contributed by atoms with Crippen LogP contribution >= 0.6 is 11.6 Å². The average molecular weight is 296 g/mol. The van der Waals surface area contributed by atoms with Gasteiger partial charge in [-0.25, -0.2) is 0 Å². The van der Waals surface area contributed by atoms with Gasteiger partial charge < -0.3 is 16.8 Å². The summed E-state index contributed by atoms with van der Waals surface area (Å²) in [4.78, 5) is 11.6.